The molecule has 1 fully saturated rings. The van der Waals surface area contributed by atoms with Crippen LogP contribution in [0.4, 0.5) is 5.82 Å². The van der Waals surface area contributed by atoms with Crippen molar-refractivity contribution in [2.24, 2.45) is 0 Å². The average Bonchev–Trinajstić information content (AvgIpc) is 2.99. The maximum absolute atomic E-state index is 11.2. The van der Waals surface area contributed by atoms with Crippen molar-refractivity contribution < 1.29 is 9.66 Å². The van der Waals surface area contributed by atoms with Gasteiger partial charge in [0.15, 0.2) is 0 Å². The molecule has 8 heteroatoms. The first-order chi connectivity index (χ1) is 9.70. The SMILES string of the molecule is CNC1CCCCC1Oc1nc2sccn2c1[N+](=O)[O-]. The number of nitrogens with zero attached hydrogens (tertiary/aromatic N) is 3. The fourth-order valence-electron chi connectivity index (χ4n) is 2.71. The van der Waals surface area contributed by atoms with Gasteiger partial charge >= 0.3 is 11.7 Å². The fraction of sp³-hybridized carbons (Fsp3) is 0.583. The molecular weight excluding hydrogens is 280 g/mol. The van der Waals surface area contributed by atoms with E-state index in [1.54, 1.807) is 11.6 Å². The van der Waals surface area contributed by atoms with Crippen molar-refractivity contribution in [3.05, 3.63) is 21.7 Å². The van der Waals surface area contributed by atoms with Crippen molar-refractivity contribution in [3.8, 4) is 5.88 Å². The van der Waals surface area contributed by atoms with Crippen molar-refractivity contribution in [1.82, 2.24) is 14.7 Å². The molecule has 2 aromatic rings. The van der Waals surface area contributed by atoms with E-state index in [9.17, 15) is 10.1 Å². The summed E-state index contributed by atoms with van der Waals surface area (Å²) in [7, 11) is 1.90. The summed E-state index contributed by atoms with van der Waals surface area (Å²) >= 11 is 1.36. The van der Waals surface area contributed by atoms with Gasteiger partial charge in [-0.2, -0.15) is 9.38 Å². The highest BCUT2D eigenvalue weighted by molar-refractivity contribution is 7.15. The van der Waals surface area contributed by atoms with Crippen LogP contribution in [0.5, 0.6) is 5.88 Å². The Morgan fingerprint density at radius 2 is 2.35 bits per heavy atom. The third-order valence-corrected chi connectivity index (χ3v) is 4.47. The number of nitrogens with one attached hydrogen (secondary N) is 1. The van der Waals surface area contributed by atoms with E-state index < -0.39 is 4.92 Å². The van der Waals surface area contributed by atoms with Crippen molar-refractivity contribution >= 4 is 22.1 Å². The molecule has 2 atom stereocenters. The number of imidazole rings is 1. The van der Waals surface area contributed by atoms with Gasteiger partial charge in [0, 0.05) is 11.4 Å². The van der Waals surface area contributed by atoms with Gasteiger partial charge in [-0.15, -0.1) is 0 Å². The molecule has 2 heterocycles. The lowest BCUT2D eigenvalue weighted by molar-refractivity contribution is -0.391. The first-order valence-corrected chi connectivity index (χ1v) is 7.52. The Bertz CT molecular complexity index is 623. The number of likely N-dealkylation sites (N-methyl/N-ethyl adjacent to an activating group) is 1. The highest BCUT2D eigenvalue weighted by Crippen LogP contribution is 2.32. The molecular formula is C12H16N4O3S. The standard InChI is InChI=1S/C12H16N4O3S/c1-13-8-4-2-3-5-9(8)19-10-11(16(17)18)15-6-7-20-12(15)14-10/h6-9,13H,2-5H2,1H3. The number of nitro groups is 1. The predicted molar refractivity (Wildman–Crippen MR) is 75.5 cm³/mol. The molecule has 0 aromatic carbocycles. The second-order valence-electron chi connectivity index (χ2n) is 4.89. The molecule has 1 aliphatic rings. The monoisotopic (exact) mass is 296 g/mol. The molecule has 1 saturated carbocycles. The maximum atomic E-state index is 11.2. The van der Waals surface area contributed by atoms with Crippen molar-refractivity contribution in [2.75, 3.05) is 7.05 Å². The molecule has 0 saturated heterocycles. The van der Waals surface area contributed by atoms with Crippen LogP contribution in [0, 0.1) is 10.1 Å². The summed E-state index contributed by atoms with van der Waals surface area (Å²) in [6, 6.07) is 0.225. The van der Waals surface area contributed by atoms with Gasteiger partial charge in [-0.25, -0.2) is 0 Å². The lowest BCUT2D eigenvalue weighted by Crippen LogP contribution is -2.43. The van der Waals surface area contributed by atoms with Crippen LogP contribution in [0.3, 0.4) is 0 Å². The van der Waals surface area contributed by atoms with Crippen LogP contribution >= 0.6 is 11.3 Å². The molecule has 0 aliphatic heterocycles. The van der Waals surface area contributed by atoms with Crippen LogP contribution in [-0.2, 0) is 0 Å². The Morgan fingerprint density at radius 3 is 3.10 bits per heavy atom. The van der Waals surface area contributed by atoms with E-state index in [1.165, 1.54) is 15.7 Å². The van der Waals surface area contributed by atoms with Crippen molar-refractivity contribution in [3.63, 3.8) is 0 Å². The number of hydrogen-bond acceptors (Lipinski definition) is 6. The zero-order chi connectivity index (χ0) is 14.1. The summed E-state index contributed by atoms with van der Waals surface area (Å²) < 4.78 is 7.33. The Hall–Kier alpha value is -1.67. The molecule has 0 radical (unpaired) electrons. The number of hydrogen-bond donors (Lipinski definition) is 1. The van der Waals surface area contributed by atoms with Gasteiger partial charge in [0.25, 0.3) is 4.96 Å². The topological polar surface area (TPSA) is 81.7 Å². The molecule has 2 unspecified atom stereocenters. The van der Waals surface area contributed by atoms with Gasteiger partial charge in [0.1, 0.15) is 12.3 Å². The molecule has 108 valence electrons. The first-order valence-electron chi connectivity index (χ1n) is 6.64. The van der Waals surface area contributed by atoms with E-state index in [2.05, 4.69) is 10.3 Å². The third-order valence-electron chi connectivity index (χ3n) is 3.72. The molecule has 0 spiro atoms. The van der Waals surface area contributed by atoms with Crippen molar-refractivity contribution in [1.29, 1.82) is 0 Å². The van der Waals surface area contributed by atoms with Crippen LogP contribution < -0.4 is 10.1 Å². The largest absolute Gasteiger partial charge is 0.467 e. The highest BCUT2D eigenvalue weighted by atomic mass is 32.1. The van der Waals surface area contributed by atoms with Gasteiger partial charge in [-0.1, -0.05) is 17.8 Å². The van der Waals surface area contributed by atoms with E-state index in [-0.39, 0.29) is 23.8 Å². The number of ether oxygens (including phenoxy) is 1. The van der Waals surface area contributed by atoms with E-state index in [0.717, 1.165) is 25.7 Å². The smallest absolute Gasteiger partial charge is 0.393 e. The molecule has 3 rings (SSSR count). The number of aromatic nitrogens is 2. The number of fused-ring (bicyclic) bond motifs is 1. The van der Waals surface area contributed by atoms with Crippen LogP contribution in [0.25, 0.3) is 4.96 Å². The Balaban J connectivity index is 1.91. The minimum Gasteiger partial charge on any atom is -0.467 e. The number of thiazole rings is 1. The molecule has 20 heavy (non-hydrogen) atoms. The van der Waals surface area contributed by atoms with Crippen LogP contribution in [0.2, 0.25) is 0 Å². The zero-order valence-electron chi connectivity index (χ0n) is 11.1. The summed E-state index contributed by atoms with van der Waals surface area (Å²) in [6.45, 7) is 0. The normalized spacial score (nSPS) is 23.1. The number of rotatable bonds is 4. The molecule has 7 nitrogen and oxygen atoms in total. The summed E-state index contributed by atoms with van der Waals surface area (Å²) in [4.78, 5) is 15.6. The minimum atomic E-state index is -0.431. The van der Waals surface area contributed by atoms with Crippen molar-refractivity contribution in [2.45, 2.75) is 37.8 Å². The first kappa shape index (κ1) is 13.3. The minimum absolute atomic E-state index is 0.0583. The van der Waals surface area contributed by atoms with E-state index in [4.69, 9.17) is 4.74 Å². The molecule has 0 bridgehead atoms. The van der Waals surface area contributed by atoms with E-state index in [1.807, 2.05) is 7.05 Å². The zero-order valence-corrected chi connectivity index (χ0v) is 11.9. The highest BCUT2D eigenvalue weighted by Gasteiger charge is 2.31. The predicted octanol–water partition coefficient (Wildman–Crippen LogP) is 2.21. The lowest BCUT2D eigenvalue weighted by Gasteiger charge is -2.30. The second-order valence-corrected chi connectivity index (χ2v) is 5.76. The van der Waals surface area contributed by atoms with E-state index in [0.29, 0.717) is 4.96 Å². The third kappa shape index (κ3) is 2.25. The summed E-state index contributed by atoms with van der Waals surface area (Å²) in [5.74, 6) is 0.0516. The van der Waals surface area contributed by atoms with Gasteiger partial charge in [0.2, 0.25) is 0 Å². The van der Waals surface area contributed by atoms with Gasteiger partial charge < -0.3 is 20.2 Å². The van der Waals surface area contributed by atoms with Crippen LogP contribution in [-0.4, -0.2) is 33.5 Å². The quantitative estimate of drug-likeness (QED) is 0.691. The Kier molecular flexibility index (Phi) is 3.58. The summed E-state index contributed by atoms with van der Waals surface area (Å²) in [5, 5.41) is 16.2. The van der Waals surface area contributed by atoms with Gasteiger partial charge in [-0.3, -0.25) is 0 Å². The van der Waals surface area contributed by atoms with E-state index >= 15 is 0 Å². The fourth-order valence-corrected chi connectivity index (χ4v) is 3.41. The molecule has 1 aliphatic carbocycles. The Morgan fingerprint density at radius 1 is 1.55 bits per heavy atom. The molecule has 0 amide bonds. The Labute approximate surface area is 119 Å². The van der Waals surface area contributed by atoms with Gasteiger partial charge in [0.05, 0.1) is 0 Å². The summed E-state index contributed by atoms with van der Waals surface area (Å²) in [6.07, 6.45) is 5.75. The molecule has 1 N–H and O–H groups in total. The van der Waals surface area contributed by atoms with Gasteiger partial charge in [-0.05, 0) is 31.2 Å². The maximum Gasteiger partial charge on any atom is 0.393 e. The molecule has 2 aromatic heterocycles. The van der Waals surface area contributed by atoms with Crippen LogP contribution in [0.15, 0.2) is 11.6 Å². The lowest BCUT2D eigenvalue weighted by atomic mass is 9.92. The van der Waals surface area contributed by atoms with Crippen LogP contribution in [0.1, 0.15) is 25.7 Å². The average molecular weight is 296 g/mol. The second kappa shape index (κ2) is 5.37. The summed E-state index contributed by atoms with van der Waals surface area (Å²) in [5.41, 5.74) is 0.